The van der Waals surface area contributed by atoms with Crippen LogP contribution in [0.3, 0.4) is 0 Å². The second-order valence-electron chi connectivity index (χ2n) is 3.49. The first-order chi connectivity index (χ1) is 8.04. The average molecular weight is 366 g/mol. The highest BCUT2D eigenvalue weighted by molar-refractivity contribution is 9.11. The molecule has 1 amide bonds. The van der Waals surface area contributed by atoms with E-state index in [1.165, 1.54) is 0 Å². The highest BCUT2D eigenvalue weighted by atomic mass is 79.9. The fourth-order valence-electron chi connectivity index (χ4n) is 1.24. The first-order valence-electron chi connectivity index (χ1n) is 5.08. The summed E-state index contributed by atoms with van der Waals surface area (Å²) < 4.78 is 6.71. The van der Waals surface area contributed by atoms with E-state index < -0.39 is 0 Å². The molecule has 0 bridgehead atoms. The van der Waals surface area contributed by atoms with Crippen molar-refractivity contribution in [3.05, 3.63) is 26.6 Å². The van der Waals surface area contributed by atoms with Gasteiger partial charge in [-0.3, -0.25) is 4.79 Å². The summed E-state index contributed by atoms with van der Waals surface area (Å²) in [6, 6.07) is 3.86. The Bertz CT molecular complexity index is 387. The molecule has 1 rings (SSSR count). The van der Waals surface area contributed by atoms with Crippen LogP contribution >= 0.6 is 31.9 Å². The van der Waals surface area contributed by atoms with Crippen molar-refractivity contribution in [3.8, 4) is 0 Å². The van der Waals surface area contributed by atoms with E-state index in [0.717, 1.165) is 14.5 Å². The van der Waals surface area contributed by atoms with Gasteiger partial charge in [-0.25, -0.2) is 0 Å². The minimum absolute atomic E-state index is 0.00393. The molecule has 6 heteroatoms. The number of nitrogens with one attached hydrogen (secondary N) is 1. The fraction of sp³-hybridized carbons (Fsp3) is 0.364. The zero-order chi connectivity index (χ0) is 12.8. The van der Waals surface area contributed by atoms with E-state index in [1.807, 2.05) is 19.1 Å². The van der Waals surface area contributed by atoms with Gasteiger partial charge in [0, 0.05) is 15.5 Å². The molecule has 1 aromatic carbocycles. The summed E-state index contributed by atoms with van der Waals surface area (Å²) in [6.45, 7) is 2.77. The molecule has 0 aromatic heterocycles. The second-order valence-corrected chi connectivity index (χ2v) is 5.20. The van der Waals surface area contributed by atoms with Crippen molar-refractivity contribution in [2.75, 3.05) is 25.1 Å². The number of hydrogen-bond donors (Lipinski definition) is 2. The zero-order valence-corrected chi connectivity index (χ0v) is 12.6. The van der Waals surface area contributed by atoms with Crippen LogP contribution in [0.1, 0.15) is 5.56 Å². The van der Waals surface area contributed by atoms with Gasteiger partial charge < -0.3 is 15.8 Å². The molecule has 94 valence electrons. The molecular formula is C11H14Br2N2O2. The maximum absolute atomic E-state index is 11.6. The quantitative estimate of drug-likeness (QED) is 0.787. The molecule has 0 fully saturated rings. The minimum Gasteiger partial charge on any atom is -0.370 e. The van der Waals surface area contributed by atoms with Crippen molar-refractivity contribution in [1.82, 2.24) is 0 Å². The van der Waals surface area contributed by atoms with Gasteiger partial charge in [-0.1, -0.05) is 0 Å². The van der Waals surface area contributed by atoms with Crippen molar-refractivity contribution in [2.24, 2.45) is 5.73 Å². The number of anilines is 1. The van der Waals surface area contributed by atoms with E-state index in [1.54, 1.807) is 0 Å². The van der Waals surface area contributed by atoms with E-state index in [-0.39, 0.29) is 12.5 Å². The topological polar surface area (TPSA) is 64.3 Å². The van der Waals surface area contributed by atoms with Gasteiger partial charge in [0.1, 0.15) is 6.61 Å². The third kappa shape index (κ3) is 4.75. The van der Waals surface area contributed by atoms with Gasteiger partial charge in [-0.15, -0.1) is 0 Å². The van der Waals surface area contributed by atoms with Gasteiger partial charge >= 0.3 is 0 Å². The third-order valence-electron chi connectivity index (χ3n) is 1.95. The lowest BCUT2D eigenvalue weighted by atomic mass is 10.2. The van der Waals surface area contributed by atoms with Gasteiger partial charge in [0.05, 0.1) is 12.3 Å². The van der Waals surface area contributed by atoms with Crippen molar-refractivity contribution in [2.45, 2.75) is 6.92 Å². The smallest absolute Gasteiger partial charge is 0.250 e. The second kappa shape index (κ2) is 7.10. The van der Waals surface area contributed by atoms with Gasteiger partial charge in [0.25, 0.3) is 0 Å². The molecule has 0 saturated heterocycles. The standard InChI is InChI=1S/C11H14Br2N2O2/c1-7-4-8(12)11(9(13)5-7)15-10(16)6-17-3-2-14/h4-5H,2-3,6,14H2,1H3,(H,15,16). The third-order valence-corrected chi connectivity index (χ3v) is 3.20. The van der Waals surface area contributed by atoms with E-state index in [4.69, 9.17) is 10.5 Å². The number of nitrogens with two attached hydrogens (primary N) is 1. The Labute approximate surface area is 117 Å². The van der Waals surface area contributed by atoms with Crippen molar-refractivity contribution >= 4 is 43.5 Å². The number of carbonyl (C=O) groups excluding carboxylic acids is 1. The Kier molecular flexibility index (Phi) is 6.11. The molecule has 1 aromatic rings. The van der Waals surface area contributed by atoms with Gasteiger partial charge in [-0.2, -0.15) is 0 Å². The van der Waals surface area contributed by atoms with Gasteiger partial charge in [0.2, 0.25) is 5.91 Å². The lowest BCUT2D eigenvalue weighted by Gasteiger charge is -2.10. The number of hydrogen-bond acceptors (Lipinski definition) is 3. The monoisotopic (exact) mass is 364 g/mol. The fourth-order valence-corrected chi connectivity index (χ4v) is 2.86. The maximum atomic E-state index is 11.6. The molecule has 0 aliphatic carbocycles. The summed E-state index contributed by atoms with van der Waals surface area (Å²) in [7, 11) is 0. The number of rotatable bonds is 5. The molecule has 0 spiro atoms. The summed E-state index contributed by atoms with van der Waals surface area (Å²) in [6.07, 6.45) is 0. The molecule has 3 N–H and O–H groups in total. The summed E-state index contributed by atoms with van der Waals surface area (Å²) in [5, 5.41) is 2.77. The zero-order valence-electron chi connectivity index (χ0n) is 9.43. The van der Waals surface area contributed by atoms with E-state index >= 15 is 0 Å². The molecule has 17 heavy (non-hydrogen) atoms. The highest BCUT2D eigenvalue weighted by Gasteiger charge is 2.09. The Balaban J connectivity index is 2.65. The lowest BCUT2D eigenvalue weighted by molar-refractivity contribution is -0.120. The van der Waals surface area contributed by atoms with Gasteiger partial charge in [-0.05, 0) is 56.5 Å². The number of carbonyl (C=O) groups is 1. The highest BCUT2D eigenvalue weighted by Crippen LogP contribution is 2.32. The Morgan fingerprint density at radius 3 is 2.53 bits per heavy atom. The van der Waals surface area contributed by atoms with Crippen LogP contribution in [-0.2, 0) is 9.53 Å². The molecule has 0 heterocycles. The number of benzene rings is 1. The summed E-state index contributed by atoms with van der Waals surface area (Å²) in [5.74, 6) is -0.205. The average Bonchev–Trinajstić information content (AvgIpc) is 2.24. The number of aryl methyl sites for hydroxylation is 1. The molecule has 0 aliphatic heterocycles. The minimum atomic E-state index is -0.205. The van der Waals surface area contributed by atoms with Crippen LogP contribution in [-0.4, -0.2) is 25.7 Å². The van der Waals surface area contributed by atoms with Crippen LogP contribution < -0.4 is 11.1 Å². The van der Waals surface area contributed by atoms with Crippen molar-refractivity contribution in [3.63, 3.8) is 0 Å². The molecular weight excluding hydrogens is 352 g/mol. The molecule has 0 radical (unpaired) electrons. The molecule has 0 atom stereocenters. The maximum Gasteiger partial charge on any atom is 0.250 e. The molecule has 4 nitrogen and oxygen atoms in total. The Morgan fingerprint density at radius 2 is 2.00 bits per heavy atom. The van der Waals surface area contributed by atoms with E-state index in [9.17, 15) is 4.79 Å². The molecule has 0 aliphatic rings. The molecule has 0 unspecified atom stereocenters. The normalized spacial score (nSPS) is 10.4. The number of halogens is 2. The van der Waals surface area contributed by atoms with Gasteiger partial charge in [0.15, 0.2) is 0 Å². The largest absolute Gasteiger partial charge is 0.370 e. The number of ether oxygens (including phenoxy) is 1. The summed E-state index contributed by atoms with van der Waals surface area (Å²) in [5.41, 5.74) is 7.06. The van der Waals surface area contributed by atoms with Crippen LogP contribution in [0.15, 0.2) is 21.1 Å². The Morgan fingerprint density at radius 1 is 1.41 bits per heavy atom. The van der Waals surface area contributed by atoms with Crippen LogP contribution in [0.5, 0.6) is 0 Å². The first kappa shape index (κ1) is 14.6. The SMILES string of the molecule is Cc1cc(Br)c(NC(=O)COCCN)c(Br)c1. The predicted octanol–water partition coefficient (Wildman–Crippen LogP) is 2.43. The van der Waals surface area contributed by atoms with Crippen LogP contribution in [0.25, 0.3) is 0 Å². The molecule has 0 saturated carbocycles. The Hall–Kier alpha value is -0.430. The first-order valence-corrected chi connectivity index (χ1v) is 6.66. The van der Waals surface area contributed by atoms with Crippen LogP contribution in [0, 0.1) is 6.92 Å². The van der Waals surface area contributed by atoms with Crippen LogP contribution in [0.4, 0.5) is 5.69 Å². The van der Waals surface area contributed by atoms with Crippen molar-refractivity contribution in [1.29, 1.82) is 0 Å². The van der Waals surface area contributed by atoms with E-state index in [0.29, 0.717) is 18.8 Å². The van der Waals surface area contributed by atoms with Crippen LogP contribution in [0.2, 0.25) is 0 Å². The van der Waals surface area contributed by atoms with Crippen molar-refractivity contribution < 1.29 is 9.53 Å². The van der Waals surface area contributed by atoms with E-state index in [2.05, 4.69) is 37.2 Å². The number of amides is 1. The predicted molar refractivity (Wildman–Crippen MR) is 75.1 cm³/mol. The summed E-state index contributed by atoms with van der Waals surface area (Å²) in [4.78, 5) is 11.6. The lowest BCUT2D eigenvalue weighted by Crippen LogP contribution is -2.21. The summed E-state index contributed by atoms with van der Waals surface area (Å²) >= 11 is 6.81.